The SMILES string of the molecule is Cc1ccc(N=Nc2c(C(=O)[O-])[nH]n(-c3ccc(S(=O)(=O)[O-])cc3)c2=O)cc1. The van der Waals surface area contributed by atoms with Gasteiger partial charge in [0.15, 0.2) is 5.69 Å². The molecular weight excluding hydrogens is 388 g/mol. The maximum Gasteiger partial charge on any atom is 0.299 e. The molecule has 0 atom stereocenters. The van der Waals surface area contributed by atoms with Crippen LogP contribution in [-0.4, -0.2) is 28.7 Å². The van der Waals surface area contributed by atoms with Crippen molar-refractivity contribution in [3.63, 3.8) is 0 Å². The van der Waals surface area contributed by atoms with Crippen LogP contribution >= 0.6 is 0 Å². The van der Waals surface area contributed by atoms with Crippen molar-refractivity contribution in [2.45, 2.75) is 11.8 Å². The summed E-state index contributed by atoms with van der Waals surface area (Å²) in [5.41, 5.74) is -0.430. The van der Waals surface area contributed by atoms with Gasteiger partial charge in [0.2, 0.25) is 0 Å². The number of hydrogen-bond donors (Lipinski definition) is 1. The molecule has 0 unspecified atom stereocenters. The van der Waals surface area contributed by atoms with Crippen LogP contribution in [0.2, 0.25) is 0 Å². The molecule has 3 aromatic rings. The van der Waals surface area contributed by atoms with Crippen LogP contribution in [0.4, 0.5) is 11.4 Å². The van der Waals surface area contributed by atoms with E-state index in [2.05, 4.69) is 15.3 Å². The van der Waals surface area contributed by atoms with Crippen LogP contribution in [0.5, 0.6) is 0 Å². The number of nitrogens with zero attached hydrogens (tertiary/aromatic N) is 3. The number of aromatic carboxylic acids is 1. The summed E-state index contributed by atoms with van der Waals surface area (Å²) in [6.45, 7) is 1.88. The van der Waals surface area contributed by atoms with Gasteiger partial charge in [0, 0.05) is 0 Å². The molecule has 0 amide bonds. The number of carboxylic acids is 1. The first-order chi connectivity index (χ1) is 13.2. The monoisotopic (exact) mass is 400 g/mol. The summed E-state index contributed by atoms with van der Waals surface area (Å²) in [5, 5.41) is 21.3. The number of aromatic nitrogens is 2. The molecule has 28 heavy (non-hydrogen) atoms. The Morgan fingerprint density at radius 1 is 1.04 bits per heavy atom. The lowest BCUT2D eigenvalue weighted by Gasteiger charge is -2.08. The molecular formula is C17H12N4O6S-2. The number of carbonyl (C=O) groups is 1. The van der Waals surface area contributed by atoms with Crippen molar-refractivity contribution in [2.24, 2.45) is 10.2 Å². The van der Waals surface area contributed by atoms with Gasteiger partial charge in [0.25, 0.3) is 5.56 Å². The van der Waals surface area contributed by atoms with Crippen LogP contribution in [-0.2, 0) is 10.1 Å². The number of nitrogens with one attached hydrogen (secondary N) is 1. The van der Waals surface area contributed by atoms with E-state index in [0.717, 1.165) is 22.4 Å². The number of benzene rings is 2. The highest BCUT2D eigenvalue weighted by Gasteiger charge is 2.16. The lowest BCUT2D eigenvalue weighted by molar-refractivity contribution is -0.255. The summed E-state index contributed by atoms with van der Waals surface area (Å²) >= 11 is 0. The van der Waals surface area contributed by atoms with Gasteiger partial charge in [-0.15, -0.1) is 5.11 Å². The molecule has 1 aromatic heterocycles. The number of aryl methyl sites for hydroxylation is 1. The number of carboxylic acid groups (broad SMARTS) is 1. The molecule has 0 aliphatic rings. The van der Waals surface area contributed by atoms with Crippen LogP contribution in [0.1, 0.15) is 16.1 Å². The minimum atomic E-state index is -4.66. The molecule has 11 heteroatoms. The molecule has 3 rings (SSSR count). The van der Waals surface area contributed by atoms with E-state index in [9.17, 15) is 27.7 Å². The van der Waals surface area contributed by atoms with E-state index in [4.69, 9.17) is 0 Å². The van der Waals surface area contributed by atoms with Crippen LogP contribution < -0.4 is 10.7 Å². The molecule has 0 fully saturated rings. The second kappa shape index (κ2) is 7.21. The number of carbonyl (C=O) groups excluding carboxylic acids is 1. The van der Waals surface area contributed by atoms with Crippen molar-refractivity contribution in [1.29, 1.82) is 0 Å². The van der Waals surface area contributed by atoms with E-state index in [1.807, 2.05) is 6.92 Å². The minimum absolute atomic E-state index is 0.0942. The van der Waals surface area contributed by atoms with Gasteiger partial charge in [-0.25, -0.2) is 13.1 Å². The van der Waals surface area contributed by atoms with E-state index in [0.29, 0.717) is 5.69 Å². The van der Waals surface area contributed by atoms with Gasteiger partial charge in [-0.3, -0.25) is 9.89 Å². The van der Waals surface area contributed by atoms with E-state index in [1.54, 1.807) is 24.3 Å². The third kappa shape index (κ3) is 3.89. The van der Waals surface area contributed by atoms with E-state index >= 15 is 0 Å². The molecule has 0 bridgehead atoms. The molecule has 0 saturated heterocycles. The predicted molar refractivity (Wildman–Crippen MR) is 94.0 cm³/mol. The summed E-state index contributed by atoms with van der Waals surface area (Å²) in [4.78, 5) is 23.4. The third-order valence-electron chi connectivity index (χ3n) is 3.75. The highest BCUT2D eigenvalue weighted by atomic mass is 32.2. The molecule has 0 saturated carbocycles. The summed E-state index contributed by atoms with van der Waals surface area (Å²) in [6.07, 6.45) is 0. The zero-order valence-corrected chi connectivity index (χ0v) is 15.1. The fourth-order valence-corrected chi connectivity index (χ4v) is 2.80. The largest absolute Gasteiger partial charge is 0.744 e. The van der Waals surface area contributed by atoms with Crippen LogP contribution in [0, 0.1) is 6.92 Å². The highest BCUT2D eigenvalue weighted by Crippen LogP contribution is 2.20. The summed E-state index contributed by atoms with van der Waals surface area (Å²) in [5.74, 6) is -1.67. The zero-order chi connectivity index (χ0) is 20.5. The Morgan fingerprint density at radius 3 is 2.18 bits per heavy atom. The number of azo groups is 1. The van der Waals surface area contributed by atoms with E-state index in [-0.39, 0.29) is 5.69 Å². The Balaban J connectivity index is 2.05. The molecule has 0 aliphatic carbocycles. The van der Waals surface area contributed by atoms with Crippen LogP contribution in [0.15, 0.2) is 68.4 Å². The topological polar surface area (TPSA) is 160 Å². The molecule has 10 nitrogen and oxygen atoms in total. The Morgan fingerprint density at radius 2 is 1.64 bits per heavy atom. The fraction of sp³-hybridized carbons (Fsp3) is 0.0588. The summed E-state index contributed by atoms with van der Waals surface area (Å²) in [6, 6.07) is 11.2. The van der Waals surface area contributed by atoms with Crippen molar-refractivity contribution < 1.29 is 22.9 Å². The number of H-pyrrole nitrogens is 1. The van der Waals surface area contributed by atoms with Gasteiger partial charge in [0.05, 0.1) is 22.2 Å². The predicted octanol–water partition coefficient (Wildman–Crippen LogP) is 1.16. The first kappa shape index (κ1) is 19.2. The van der Waals surface area contributed by atoms with Crippen LogP contribution in [0.25, 0.3) is 5.69 Å². The van der Waals surface area contributed by atoms with Gasteiger partial charge in [0.1, 0.15) is 15.8 Å². The van der Waals surface area contributed by atoms with Crippen molar-refractivity contribution in [1.82, 2.24) is 9.78 Å². The molecule has 0 spiro atoms. The standard InChI is InChI=1S/C17H14N4O6S/c1-10-2-4-11(5-3-10)18-19-14-15(17(23)24)20-21(16(14)22)12-6-8-13(9-7-12)28(25,26)27/h2-9,20H,1H3,(H,23,24)(H,25,26,27)/p-2. The van der Waals surface area contributed by atoms with Gasteiger partial charge < -0.3 is 14.5 Å². The molecule has 1 N–H and O–H groups in total. The summed E-state index contributed by atoms with van der Waals surface area (Å²) in [7, 11) is -4.66. The smallest absolute Gasteiger partial charge is 0.299 e. The molecule has 144 valence electrons. The zero-order valence-electron chi connectivity index (χ0n) is 14.3. The minimum Gasteiger partial charge on any atom is -0.744 e. The van der Waals surface area contributed by atoms with Crippen molar-refractivity contribution in [3.8, 4) is 5.69 Å². The Kier molecular flexibility index (Phi) is 4.94. The normalized spacial score (nSPS) is 11.8. The highest BCUT2D eigenvalue weighted by molar-refractivity contribution is 7.85. The van der Waals surface area contributed by atoms with E-state index < -0.39 is 37.9 Å². The van der Waals surface area contributed by atoms with Gasteiger partial charge in [-0.2, -0.15) is 5.11 Å². The maximum absolute atomic E-state index is 12.6. The Hall–Kier alpha value is -3.57. The first-order valence-electron chi connectivity index (χ1n) is 7.78. The number of aromatic amines is 1. The molecule has 0 aliphatic heterocycles. The second-order valence-corrected chi connectivity index (χ2v) is 7.13. The van der Waals surface area contributed by atoms with Crippen LogP contribution in [0.3, 0.4) is 0 Å². The van der Waals surface area contributed by atoms with E-state index in [1.165, 1.54) is 12.1 Å². The lowest BCUT2D eigenvalue weighted by Crippen LogP contribution is -2.23. The number of rotatable bonds is 5. The maximum atomic E-state index is 12.6. The second-order valence-electron chi connectivity index (χ2n) is 5.75. The van der Waals surface area contributed by atoms with Crippen molar-refractivity contribution in [2.75, 3.05) is 0 Å². The summed E-state index contributed by atoms with van der Waals surface area (Å²) < 4.78 is 33.8. The average Bonchev–Trinajstić information content (AvgIpc) is 2.97. The Labute approximate surface area is 158 Å². The quantitative estimate of drug-likeness (QED) is 0.499. The Bertz CT molecular complexity index is 1220. The molecule has 2 aromatic carbocycles. The first-order valence-corrected chi connectivity index (χ1v) is 9.19. The molecule has 1 heterocycles. The van der Waals surface area contributed by atoms with Gasteiger partial charge in [-0.05, 0) is 43.3 Å². The molecule has 0 radical (unpaired) electrons. The number of hydrogen-bond acceptors (Lipinski definition) is 8. The third-order valence-corrected chi connectivity index (χ3v) is 4.60. The van der Waals surface area contributed by atoms with Gasteiger partial charge in [-0.1, -0.05) is 17.7 Å². The lowest BCUT2D eigenvalue weighted by atomic mass is 10.2. The van der Waals surface area contributed by atoms with Crippen molar-refractivity contribution in [3.05, 3.63) is 70.1 Å². The van der Waals surface area contributed by atoms with Crippen molar-refractivity contribution >= 4 is 27.5 Å². The average molecular weight is 400 g/mol. The fourth-order valence-electron chi connectivity index (χ4n) is 2.33. The van der Waals surface area contributed by atoms with Gasteiger partial charge >= 0.3 is 0 Å².